The molecule has 1 aliphatic rings. The van der Waals surface area contributed by atoms with Crippen LogP contribution in [0.25, 0.3) is 0 Å². The van der Waals surface area contributed by atoms with Crippen LogP contribution in [-0.2, 0) is 0 Å². The highest BCUT2D eigenvalue weighted by Gasteiger charge is 2.16. The number of carbonyl (C=O) groups is 1. The molecule has 1 aliphatic heterocycles. The van der Waals surface area contributed by atoms with Gasteiger partial charge in [-0.2, -0.15) is 0 Å². The predicted octanol–water partition coefficient (Wildman–Crippen LogP) is 2.28. The highest BCUT2D eigenvalue weighted by atomic mass is 32.1. The van der Waals surface area contributed by atoms with E-state index in [2.05, 4.69) is 22.1 Å². The standard InChI is InChI=1S/C14H19N3O2S/c18-10-6-3-7-12-11-15-13(20-12)16-14(19)17-8-4-1-2-5-9-17/h11,18H,1-2,4-6,8-10H2,(H,15,16,19). The number of carbonyl (C=O) groups excluding carboxylic acids is 1. The first-order valence-electron chi connectivity index (χ1n) is 6.91. The van der Waals surface area contributed by atoms with E-state index in [0.29, 0.717) is 11.6 Å². The van der Waals surface area contributed by atoms with Gasteiger partial charge in [-0.3, -0.25) is 5.32 Å². The molecule has 2 N–H and O–H groups in total. The zero-order valence-corrected chi connectivity index (χ0v) is 12.2. The Balaban J connectivity index is 1.89. The summed E-state index contributed by atoms with van der Waals surface area (Å²) in [6, 6.07) is -0.0730. The minimum absolute atomic E-state index is 0.0599. The van der Waals surface area contributed by atoms with Gasteiger partial charge >= 0.3 is 6.03 Å². The summed E-state index contributed by atoms with van der Waals surface area (Å²) in [5, 5.41) is 12.1. The molecule has 0 aliphatic carbocycles. The average Bonchev–Trinajstić information content (AvgIpc) is 2.72. The predicted molar refractivity (Wildman–Crippen MR) is 79.8 cm³/mol. The van der Waals surface area contributed by atoms with Gasteiger partial charge in [0.2, 0.25) is 0 Å². The van der Waals surface area contributed by atoms with Crippen molar-refractivity contribution in [3.63, 3.8) is 0 Å². The Labute approximate surface area is 123 Å². The van der Waals surface area contributed by atoms with Crippen molar-refractivity contribution < 1.29 is 9.90 Å². The van der Waals surface area contributed by atoms with Crippen molar-refractivity contribution in [2.45, 2.75) is 32.1 Å². The molecule has 0 aromatic carbocycles. The number of thiazole rings is 1. The quantitative estimate of drug-likeness (QED) is 0.822. The number of amides is 2. The molecule has 0 spiro atoms. The van der Waals surface area contributed by atoms with Gasteiger partial charge in [0.15, 0.2) is 5.13 Å². The van der Waals surface area contributed by atoms with Gasteiger partial charge in [-0.05, 0) is 12.8 Å². The van der Waals surface area contributed by atoms with Crippen molar-refractivity contribution in [2.24, 2.45) is 0 Å². The SMILES string of the molecule is O=C(Nc1ncc(C#CCCO)s1)N1CCCCCC1. The lowest BCUT2D eigenvalue weighted by atomic mass is 10.2. The summed E-state index contributed by atoms with van der Waals surface area (Å²) in [7, 11) is 0. The Kier molecular flexibility index (Phi) is 5.84. The van der Waals surface area contributed by atoms with Gasteiger partial charge in [-0.15, -0.1) is 0 Å². The number of hydrogen-bond acceptors (Lipinski definition) is 4. The fourth-order valence-electron chi connectivity index (χ4n) is 2.04. The summed E-state index contributed by atoms with van der Waals surface area (Å²) < 4.78 is 0. The summed E-state index contributed by atoms with van der Waals surface area (Å²) in [6.07, 6.45) is 6.64. The van der Waals surface area contributed by atoms with Crippen LogP contribution in [0.5, 0.6) is 0 Å². The van der Waals surface area contributed by atoms with Crippen molar-refractivity contribution in [3.05, 3.63) is 11.1 Å². The van der Waals surface area contributed by atoms with E-state index in [1.807, 2.05) is 4.90 Å². The zero-order chi connectivity index (χ0) is 14.2. The number of nitrogens with one attached hydrogen (secondary N) is 1. The molecule has 1 aromatic heterocycles. The molecule has 0 atom stereocenters. The maximum atomic E-state index is 12.1. The molecule has 0 bridgehead atoms. The van der Waals surface area contributed by atoms with Crippen LogP contribution in [0, 0.1) is 11.8 Å². The maximum Gasteiger partial charge on any atom is 0.323 e. The summed E-state index contributed by atoms with van der Waals surface area (Å²) >= 11 is 1.36. The summed E-state index contributed by atoms with van der Waals surface area (Å²) in [6.45, 7) is 1.70. The number of aliphatic hydroxyl groups excluding tert-OH is 1. The van der Waals surface area contributed by atoms with Crippen LogP contribution >= 0.6 is 11.3 Å². The third kappa shape index (κ3) is 4.51. The summed E-state index contributed by atoms with van der Waals surface area (Å²) in [5.41, 5.74) is 0. The fourth-order valence-corrected chi connectivity index (χ4v) is 2.72. The smallest absolute Gasteiger partial charge is 0.323 e. The van der Waals surface area contributed by atoms with Gasteiger partial charge in [0.25, 0.3) is 0 Å². The third-order valence-corrected chi connectivity index (χ3v) is 3.89. The Morgan fingerprint density at radius 3 is 2.85 bits per heavy atom. The van der Waals surface area contributed by atoms with E-state index in [-0.39, 0.29) is 12.6 Å². The molecule has 0 radical (unpaired) electrons. The van der Waals surface area contributed by atoms with Crippen molar-refractivity contribution in [1.82, 2.24) is 9.88 Å². The second-order valence-corrected chi connectivity index (χ2v) is 5.67. The number of likely N-dealkylation sites (tertiary alicyclic amines) is 1. The Hall–Kier alpha value is -1.58. The van der Waals surface area contributed by atoms with Gasteiger partial charge < -0.3 is 10.0 Å². The molecule has 5 nitrogen and oxygen atoms in total. The zero-order valence-electron chi connectivity index (χ0n) is 11.4. The van der Waals surface area contributed by atoms with Gasteiger partial charge in [0.1, 0.15) is 0 Å². The molecule has 2 amide bonds. The molecule has 0 saturated carbocycles. The normalized spacial score (nSPS) is 15.2. The second-order valence-electron chi connectivity index (χ2n) is 4.64. The minimum atomic E-state index is -0.0730. The third-order valence-electron chi connectivity index (χ3n) is 3.06. The molecule has 6 heteroatoms. The first-order valence-corrected chi connectivity index (χ1v) is 7.73. The first-order chi connectivity index (χ1) is 9.79. The number of aromatic nitrogens is 1. The average molecular weight is 293 g/mol. The molecule has 2 heterocycles. The lowest BCUT2D eigenvalue weighted by molar-refractivity contribution is 0.214. The van der Waals surface area contributed by atoms with Crippen LogP contribution in [0.4, 0.5) is 9.93 Å². The first kappa shape index (κ1) is 14.8. The van der Waals surface area contributed by atoms with Crippen LogP contribution in [-0.4, -0.2) is 40.7 Å². The van der Waals surface area contributed by atoms with Gasteiger partial charge in [0.05, 0.1) is 17.7 Å². The van der Waals surface area contributed by atoms with E-state index < -0.39 is 0 Å². The van der Waals surface area contributed by atoms with Crippen LogP contribution in [0.2, 0.25) is 0 Å². The molecule has 108 valence electrons. The summed E-state index contributed by atoms with van der Waals surface area (Å²) in [4.78, 5) is 18.9. The molecule has 2 rings (SSSR count). The van der Waals surface area contributed by atoms with Crippen LogP contribution in [0.1, 0.15) is 37.0 Å². The van der Waals surface area contributed by atoms with E-state index in [1.165, 1.54) is 24.2 Å². The number of urea groups is 1. The molecular weight excluding hydrogens is 274 g/mol. The van der Waals surface area contributed by atoms with Crippen molar-refractivity contribution in [3.8, 4) is 11.8 Å². The number of aliphatic hydroxyl groups is 1. The monoisotopic (exact) mass is 293 g/mol. The van der Waals surface area contributed by atoms with Crippen molar-refractivity contribution >= 4 is 22.5 Å². The molecular formula is C14H19N3O2S. The van der Waals surface area contributed by atoms with E-state index in [1.54, 1.807) is 6.20 Å². The molecule has 1 saturated heterocycles. The van der Waals surface area contributed by atoms with Crippen molar-refractivity contribution in [2.75, 3.05) is 25.0 Å². The molecule has 20 heavy (non-hydrogen) atoms. The Morgan fingerprint density at radius 1 is 1.40 bits per heavy atom. The lowest BCUT2D eigenvalue weighted by Gasteiger charge is -2.19. The van der Waals surface area contributed by atoms with Crippen LogP contribution < -0.4 is 5.32 Å². The topological polar surface area (TPSA) is 65.5 Å². The molecule has 1 fully saturated rings. The highest BCUT2D eigenvalue weighted by molar-refractivity contribution is 7.16. The lowest BCUT2D eigenvalue weighted by Crippen LogP contribution is -2.35. The Morgan fingerprint density at radius 2 is 2.15 bits per heavy atom. The van der Waals surface area contributed by atoms with E-state index in [4.69, 9.17) is 5.11 Å². The fraction of sp³-hybridized carbons (Fsp3) is 0.571. The molecule has 0 unspecified atom stereocenters. The largest absolute Gasteiger partial charge is 0.395 e. The van der Waals surface area contributed by atoms with E-state index >= 15 is 0 Å². The number of anilines is 1. The minimum Gasteiger partial charge on any atom is -0.395 e. The number of rotatable bonds is 2. The Bertz CT molecular complexity index is 496. The maximum absolute atomic E-state index is 12.1. The van der Waals surface area contributed by atoms with Crippen LogP contribution in [0.15, 0.2) is 6.20 Å². The van der Waals surface area contributed by atoms with Crippen LogP contribution in [0.3, 0.4) is 0 Å². The van der Waals surface area contributed by atoms with E-state index in [9.17, 15) is 4.79 Å². The van der Waals surface area contributed by atoms with E-state index in [0.717, 1.165) is 30.8 Å². The van der Waals surface area contributed by atoms with Crippen molar-refractivity contribution in [1.29, 1.82) is 0 Å². The number of hydrogen-bond donors (Lipinski definition) is 2. The van der Waals surface area contributed by atoms with Gasteiger partial charge in [-0.25, -0.2) is 9.78 Å². The van der Waals surface area contributed by atoms with Gasteiger partial charge in [0, 0.05) is 19.5 Å². The highest BCUT2D eigenvalue weighted by Crippen LogP contribution is 2.18. The van der Waals surface area contributed by atoms with Gasteiger partial charge in [-0.1, -0.05) is 36.0 Å². The second kappa shape index (κ2) is 7.88. The summed E-state index contributed by atoms with van der Waals surface area (Å²) in [5.74, 6) is 5.75. The number of nitrogens with zero attached hydrogens (tertiary/aromatic N) is 2. The molecule has 1 aromatic rings.